The number of methoxy groups -OCH3 is 1. The van der Waals surface area contributed by atoms with Gasteiger partial charge in [0.15, 0.2) is 0 Å². The molecule has 1 fully saturated rings. The van der Waals surface area contributed by atoms with Crippen molar-refractivity contribution in [3.8, 4) is 11.5 Å². The lowest BCUT2D eigenvalue weighted by Gasteiger charge is -2.43. The Hall–Kier alpha value is -3.88. The summed E-state index contributed by atoms with van der Waals surface area (Å²) in [7, 11) is 1.32. The Kier molecular flexibility index (Phi) is 9.79. The van der Waals surface area contributed by atoms with E-state index in [1.165, 1.54) is 7.11 Å². The van der Waals surface area contributed by atoms with Crippen molar-refractivity contribution in [3.63, 3.8) is 0 Å². The summed E-state index contributed by atoms with van der Waals surface area (Å²) < 4.78 is 11.1. The smallest absolute Gasteiger partial charge is 0.406 e. The Bertz CT molecular complexity index is 1300. The zero-order valence-electron chi connectivity index (χ0n) is 23.3. The minimum absolute atomic E-state index is 0.0626. The number of benzene rings is 3. The van der Waals surface area contributed by atoms with Gasteiger partial charge in [-0.2, -0.15) is 0 Å². The van der Waals surface area contributed by atoms with Crippen molar-refractivity contribution >= 4 is 12.0 Å². The van der Waals surface area contributed by atoms with Crippen molar-refractivity contribution in [2.45, 2.75) is 44.8 Å². The molecule has 1 unspecified atom stereocenters. The highest BCUT2D eigenvalue weighted by Crippen LogP contribution is 2.44. The summed E-state index contributed by atoms with van der Waals surface area (Å²) in [6, 6.07) is 22.7. The van der Waals surface area contributed by atoms with E-state index in [2.05, 4.69) is 5.32 Å². The minimum atomic E-state index is -1.31. The molecule has 0 spiro atoms. The molecular formula is C32H39N3O5. The lowest BCUT2D eigenvalue weighted by molar-refractivity contribution is -0.0578. The van der Waals surface area contributed by atoms with Gasteiger partial charge < -0.3 is 30.5 Å². The van der Waals surface area contributed by atoms with E-state index in [0.717, 1.165) is 24.0 Å². The van der Waals surface area contributed by atoms with Crippen molar-refractivity contribution in [1.82, 2.24) is 10.2 Å². The zero-order valence-corrected chi connectivity index (χ0v) is 23.3. The molecule has 1 heterocycles. The van der Waals surface area contributed by atoms with Gasteiger partial charge in [0, 0.05) is 43.2 Å². The van der Waals surface area contributed by atoms with E-state index in [4.69, 9.17) is 15.2 Å². The highest BCUT2D eigenvalue weighted by Gasteiger charge is 2.43. The largest absolute Gasteiger partial charge is 0.457 e. The summed E-state index contributed by atoms with van der Waals surface area (Å²) >= 11 is 0. The fourth-order valence-electron chi connectivity index (χ4n) is 5.40. The van der Waals surface area contributed by atoms with Crippen LogP contribution in [-0.2, 0) is 16.9 Å². The second-order valence-electron chi connectivity index (χ2n) is 10.3. The first-order chi connectivity index (χ1) is 19.4. The third-order valence-corrected chi connectivity index (χ3v) is 7.68. The lowest BCUT2D eigenvalue weighted by atomic mass is 9.74. The van der Waals surface area contributed by atoms with E-state index in [9.17, 15) is 14.7 Å². The Labute approximate surface area is 236 Å². The van der Waals surface area contributed by atoms with Crippen LogP contribution in [0.5, 0.6) is 11.5 Å². The lowest BCUT2D eigenvalue weighted by Crippen LogP contribution is -2.48. The first kappa shape index (κ1) is 29.1. The molecule has 8 nitrogen and oxygen atoms in total. The van der Waals surface area contributed by atoms with E-state index in [-0.39, 0.29) is 11.8 Å². The second kappa shape index (κ2) is 13.5. The van der Waals surface area contributed by atoms with E-state index in [1.807, 2.05) is 84.6 Å². The number of hydrogen-bond acceptors (Lipinski definition) is 6. The molecule has 40 heavy (non-hydrogen) atoms. The van der Waals surface area contributed by atoms with Crippen molar-refractivity contribution in [2.24, 2.45) is 11.7 Å². The summed E-state index contributed by atoms with van der Waals surface area (Å²) in [4.78, 5) is 26.9. The van der Waals surface area contributed by atoms with Crippen LogP contribution in [0, 0.1) is 12.8 Å². The number of carbonyl (C=O) groups excluding carboxylic acids is 2. The van der Waals surface area contributed by atoms with Crippen LogP contribution in [0.3, 0.4) is 0 Å². The van der Waals surface area contributed by atoms with Crippen molar-refractivity contribution < 1.29 is 24.2 Å². The normalized spacial score (nSPS) is 16.6. The minimum Gasteiger partial charge on any atom is -0.457 e. The highest BCUT2D eigenvalue weighted by molar-refractivity contribution is 5.94. The number of aryl methyl sites for hydroxylation is 1. The summed E-state index contributed by atoms with van der Waals surface area (Å²) in [5.41, 5.74) is 7.64. The Balaban J connectivity index is 1.63. The van der Waals surface area contributed by atoms with Gasteiger partial charge >= 0.3 is 6.09 Å². The number of para-hydroxylation sites is 2. The molecule has 212 valence electrons. The average Bonchev–Trinajstić information content (AvgIpc) is 3.00. The van der Waals surface area contributed by atoms with Crippen LogP contribution in [0.4, 0.5) is 4.79 Å². The quantitative estimate of drug-likeness (QED) is 0.305. The molecule has 1 aliphatic heterocycles. The first-order valence-corrected chi connectivity index (χ1v) is 13.8. The standard InChI is InChI=1S/C32H39N3O5/c1-23-9-3-5-12-28(23)40-29-13-6-4-11-27(29)32(38,18-8-19-34-31(37)39-2)26-10-7-20-35(22-26)30(36)25-16-14-24(21-33)15-17-25/h3-6,9,11-17,26,38H,7-8,10,18-22,33H2,1-2H3,(H,34,37)/t26-,32?/m1/s1. The van der Waals surface area contributed by atoms with Crippen molar-refractivity contribution in [3.05, 3.63) is 95.1 Å². The number of nitrogens with one attached hydrogen (secondary N) is 1. The molecule has 8 heteroatoms. The maximum absolute atomic E-state index is 13.4. The maximum Gasteiger partial charge on any atom is 0.406 e. The van der Waals surface area contributed by atoms with Gasteiger partial charge in [-0.05, 0) is 68.0 Å². The van der Waals surface area contributed by atoms with Gasteiger partial charge in [-0.15, -0.1) is 0 Å². The van der Waals surface area contributed by atoms with Gasteiger partial charge in [0.05, 0.1) is 12.7 Å². The number of alkyl carbamates (subject to hydrolysis) is 1. The number of amides is 2. The molecule has 0 aromatic heterocycles. The van der Waals surface area contributed by atoms with Gasteiger partial charge in [0.25, 0.3) is 5.91 Å². The van der Waals surface area contributed by atoms with Crippen LogP contribution in [0.2, 0.25) is 0 Å². The molecule has 3 aromatic carbocycles. The van der Waals surface area contributed by atoms with Crippen molar-refractivity contribution in [2.75, 3.05) is 26.7 Å². The summed E-state index contributed by atoms with van der Waals surface area (Å²) in [6.45, 7) is 3.76. The number of nitrogens with two attached hydrogens (primary N) is 1. The maximum atomic E-state index is 13.4. The van der Waals surface area contributed by atoms with Crippen LogP contribution < -0.4 is 15.8 Å². The number of likely N-dealkylation sites (tertiary alicyclic amines) is 1. The number of rotatable bonds is 10. The number of carbonyl (C=O) groups is 2. The summed E-state index contributed by atoms with van der Waals surface area (Å²) in [6.07, 6.45) is 1.87. The van der Waals surface area contributed by atoms with E-state index in [1.54, 1.807) is 0 Å². The predicted octanol–water partition coefficient (Wildman–Crippen LogP) is 5.12. The van der Waals surface area contributed by atoms with Crippen LogP contribution in [0.15, 0.2) is 72.8 Å². The Morgan fingerprint density at radius 2 is 1.75 bits per heavy atom. The molecule has 4 rings (SSSR count). The Morgan fingerprint density at radius 1 is 1.05 bits per heavy atom. The third-order valence-electron chi connectivity index (χ3n) is 7.68. The van der Waals surface area contributed by atoms with E-state index < -0.39 is 11.7 Å². The van der Waals surface area contributed by atoms with Gasteiger partial charge in [0.2, 0.25) is 0 Å². The average molecular weight is 546 g/mol. The molecular weight excluding hydrogens is 506 g/mol. The SMILES string of the molecule is COC(=O)NCCCC(O)(c1ccccc1Oc1ccccc1C)[C@@H]1CCCN(C(=O)c2ccc(CN)cc2)C1. The molecule has 2 amide bonds. The number of hydrogen-bond donors (Lipinski definition) is 3. The van der Waals surface area contributed by atoms with E-state index >= 15 is 0 Å². The predicted molar refractivity (Wildman–Crippen MR) is 154 cm³/mol. The van der Waals surface area contributed by atoms with Crippen molar-refractivity contribution in [1.29, 1.82) is 0 Å². The number of piperidine rings is 1. The summed E-state index contributed by atoms with van der Waals surface area (Å²) in [5, 5.41) is 15.2. The number of nitrogens with zero attached hydrogens (tertiary/aromatic N) is 1. The van der Waals surface area contributed by atoms with Crippen LogP contribution in [-0.4, -0.2) is 48.8 Å². The molecule has 3 aromatic rings. The topological polar surface area (TPSA) is 114 Å². The van der Waals surface area contributed by atoms with Gasteiger partial charge in [0.1, 0.15) is 11.5 Å². The zero-order chi connectivity index (χ0) is 28.5. The molecule has 0 aliphatic carbocycles. The molecule has 0 radical (unpaired) electrons. The molecule has 0 saturated carbocycles. The Morgan fingerprint density at radius 3 is 2.45 bits per heavy atom. The van der Waals surface area contributed by atoms with Crippen LogP contribution >= 0.6 is 0 Å². The molecule has 1 aliphatic rings. The number of aliphatic hydroxyl groups is 1. The van der Waals surface area contributed by atoms with Gasteiger partial charge in [-0.1, -0.05) is 48.5 Å². The molecule has 2 atom stereocenters. The number of ether oxygens (including phenoxy) is 2. The van der Waals surface area contributed by atoms with Gasteiger partial charge in [-0.3, -0.25) is 4.79 Å². The molecule has 4 N–H and O–H groups in total. The molecule has 1 saturated heterocycles. The highest BCUT2D eigenvalue weighted by atomic mass is 16.5. The van der Waals surface area contributed by atoms with E-state index in [0.29, 0.717) is 61.6 Å². The van der Waals surface area contributed by atoms with Crippen LogP contribution in [0.25, 0.3) is 0 Å². The fraction of sp³-hybridized carbons (Fsp3) is 0.375. The monoisotopic (exact) mass is 545 g/mol. The third kappa shape index (κ3) is 6.81. The van der Waals surface area contributed by atoms with Crippen LogP contribution in [0.1, 0.15) is 52.7 Å². The second-order valence-corrected chi connectivity index (χ2v) is 10.3. The molecule has 0 bridgehead atoms. The fourth-order valence-corrected chi connectivity index (χ4v) is 5.40. The first-order valence-electron chi connectivity index (χ1n) is 13.8. The van der Waals surface area contributed by atoms with Gasteiger partial charge in [-0.25, -0.2) is 4.79 Å². The summed E-state index contributed by atoms with van der Waals surface area (Å²) in [5.74, 6) is 0.979.